The van der Waals surface area contributed by atoms with Crippen LogP contribution in [-0.4, -0.2) is 49.6 Å². The molecule has 0 aliphatic carbocycles. The first-order chi connectivity index (χ1) is 12.3. The van der Waals surface area contributed by atoms with Crippen LogP contribution in [0.4, 0.5) is 0 Å². The van der Waals surface area contributed by atoms with Crippen molar-refractivity contribution >= 4 is 72.6 Å². The maximum absolute atomic E-state index is 11.8. The molecular formula is C18H17NaO4S4. The van der Waals surface area contributed by atoms with Crippen LogP contribution in [0, 0.1) is 10.7 Å². The second-order valence-electron chi connectivity index (χ2n) is 5.75. The van der Waals surface area contributed by atoms with E-state index in [1.807, 2.05) is 31.2 Å². The molecule has 138 valence electrons. The minimum absolute atomic E-state index is 0. The van der Waals surface area contributed by atoms with Crippen LogP contribution >= 0.6 is 32.9 Å². The molecule has 0 radical (unpaired) electrons. The zero-order valence-corrected chi connectivity index (χ0v) is 17.3. The van der Waals surface area contributed by atoms with Crippen molar-refractivity contribution in [3.8, 4) is 16.2 Å². The van der Waals surface area contributed by atoms with E-state index in [1.54, 1.807) is 16.4 Å². The van der Waals surface area contributed by atoms with E-state index in [-0.39, 0.29) is 34.5 Å². The number of ether oxygens (including phenoxy) is 1. The fraction of sp³-hybridized carbons (Fsp3) is 0.167. The second-order valence-corrected chi connectivity index (χ2v) is 9.96. The van der Waals surface area contributed by atoms with E-state index >= 15 is 0 Å². The standard InChI is InChI=1S/C18H16O4S4.Na.H/c1-11-3-5-12(6-4-11)17-15(18(23)25-24-17)10-13-9-14(22-2)7-8-16(13)26(19,20)21;;/h3-9H,10H2,1-2H3,(H,19,20,21);;. The Balaban J connectivity index is 0.00000261. The van der Waals surface area contributed by atoms with Gasteiger partial charge in [-0.2, -0.15) is 8.42 Å². The predicted molar refractivity (Wildman–Crippen MR) is 116 cm³/mol. The van der Waals surface area contributed by atoms with Crippen LogP contribution in [0.3, 0.4) is 0 Å². The molecule has 4 nitrogen and oxygen atoms in total. The summed E-state index contributed by atoms with van der Waals surface area (Å²) in [6, 6.07) is 12.6. The van der Waals surface area contributed by atoms with Crippen molar-refractivity contribution in [2.45, 2.75) is 18.2 Å². The van der Waals surface area contributed by atoms with Gasteiger partial charge in [0.25, 0.3) is 10.1 Å². The molecule has 0 fully saturated rings. The summed E-state index contributed by atoms with van der Waals surface area (Å²) in [5, 5.41) is 0. The van der Waals surface area contributed by atoms with Crippen LogP contribution in [-0.2, 0) is 16.5 Å². The molecule has 1 N–H and O–H groups in total. The van der Waals surface area contributed by atoms with E-state index in [0.717, 1.165) is 25.4 Å². The van der Waals surface area contributed by atoms with Crippen molar-refractivity contribution < 1.29 is 17.7 Å². The topological polar surface area (TPSA) is 63.6 Å². The van der Waals surface area contributed by atoms with Crippen LogP contribution in [0.2, 0.25) is 0 Å². The Bertz CT molecular complexity index is 1100. The second kappa shape index (κ2) is 9.28. The number of hydrogen-bond donors (Lipinski definition) is 1. The Kier molecular flexibility index (Phi) is 7.80. The summed E-state index contributed by atoms with van der Waals surface area (Å²) in [6.07, 6.45) is 0.300. The Morgan fingerprint density at radius 1 is 1.11 bits per heavy atom. The average Bonchev–Trinajstić information content (AvgIpc) is 2.95. The third-order valence-electron chi connectivity index (χ3n) is 3.95. The summed E-state index contributed by atoms with van der Waals surface area (Å²) in [5.41, 5.74) is 3.55. The molecule has 3 rings (SSSR count). The summed E-state index contributed by atoms with van der Waals surface area (Å²) < 4.78 is 39.0. The summed E-state index contributed by atoms with van der Waals surface area (Å²) in [4.78, 5) is 0.892. The van der Waals surface area contributed by atoms with Gasteiger partial charge in [-0.15, -0.1) is 0 Å². The Morgan fingerprint density at radius 3 is 2.37 bits per heavy atom. The SMILES string of the molecule is COc1ccc(S(=O)(=O)O)c(Cc2c(-c3ccc(C)cc3)ssc2=S)c1.[NaH]. The first-order valence-corrected chi connectivity index (χ1v) is 11.6. The summed E-state index contributed by atoms with van der Waals surface area (Å²) in [6.45, 7) is 2.02. The fourth-order valence-electron chi connectivity index (χ4n) is 2.62. The van der Waals surface area contributed by atoms with Crippen LogP contribution < -0.4 is 4.74 Å². The van der Waals surface area contributed by atoms with Gasteiger partial charge in [0.2, 0.25) is 0 Å². The van der Waals surface area contributed by atoms with Gasteiger partial charge in [-0.05, 0) is 36.2 Å². The van der Waals surface area contributed by atoms with Crippen molar-refractivity contribution in [2.75, 3.05) is 7.11 Å². The van der Waals surface area contributed by atoms with Crippen LogP contribution in [0.5, 0.6) is 5.75 Å². The Morgan fingerprint density at radius 2 is 1.78 bits per heavy atom. The first kappa shape index (κ1) is 22.7. The fourth-order valence-corrected chi connectivity index (χ4v) is 6.24. The summed E-state index contributed by atoms with van der Waals surface area (Å²) in [7, 11) is 0.227. The normalized spacial score (nSPS) is 11.1. The molecule has 0 atom stereocenters. The number of benzene rings is 2. The number of hydrogen-bond acceptors (Lipinski definition) is 6. The monoisotopic (exact) mass is 448 g/mol. The molecular weight excluding hydrogens is 431 g/mol. The van der Waals surface area contributed by atoms with E-state index in [2.05, 4.69) is 0 Å². The molecule has 0 aliphatic rings. The van der Waals surface area contributed by atoms with Gasteiger partial charge in [0.15, 0.2) is 0 Å². The zero-order chi connectivity index (χ0) is 18.9. The van der Waals surface area contributed by atoms with E-state index in [9.17, 15) is 13.0 Å². The number of aryl methyl sites for hydroxylation is 1. The number of methoxy groups -OCH3 is 1. The van der Waals surface area contributed by atoms with Crippen LogP contribution in [0.1, 0.15) is 16.7 Å². The molecule has 0 spiro atoms. The molecule has 9 heteroatoms. The van der Waals surface area contributed by atoms with E-state index in [4.69, 9.17) is 17.0 Å². The van der Waals surface area contributed by atoms with Gasteiger partial charge >= 0.3 is 29.6 Å². The van der Waals surface area contributed by atoms with Crippen LogP contribution in [0.15, 0.2) is 47.4 Å². The quantitative estimate of drug-likeness (QED) is 0.265. The molecule has 0 saturated carbocycles. The van der Waals surface area contributed by atoms with Gasteiger partial charge < -0.3 is 4.74 Å². The van der Waals surface area contributed by atoms with E-state index < -0.39 is 10.1 Å². The Labute approximate surface area is 193 Å². The molecule has 1 aromatic heterocycles. The molecule has 1 heterocycles. The predicted octanol–water partition coefficient (Wildman–Crippen LogP) is 4.71. The van der Waals surface area contributed by atoms with Gasteiger partial charge in [0.05, 0.1) is 16.9 Å². The third kappa shape index (κ3) is 5.27. The maximum atomic E-state index is 11.8. The van der Waals surface area contributed by atoms with Gasteiger partial charge in [-0.25, -0.2) is 0 Å². The molecule has 0 aliphatic heterocycles. The van der Waals surface area contributed by atoms with Gasteiger partial charge in [-0.3, -0.25) is 4.55 Å². The van der Waals surface area contributed by atoms with Gasteiger partial charge in [0, 0.05) is 12.0 Å². The van der Waals surface area contributed by atoms with Gasteiger partial charge in [-0.1, -0.05) is 62.7 Å². The summed E-state index contributed by atoms with van der Waals surface area (Å²) in [5.74, 6) is 0.522. The van der Waals surface area contributed by atoms with Gasteiger partial charge in [0.1, 0.15) is 9.57 Å². The van der Waals surface area contributed by atoms with E-state index in [1.165, 1.54) is 29.6 Å². The molecule has 3 aromatic rings. The zero-order valence-electron chi connectivity index (χ0n) is 14.1. The van der Waals surface area contributed by atoms with E-state index in [0.29, 0.717) is 17.7 Å². The molecule has 0 unspecified atom stereocenters. The number of rotatable bonds is 5. The molecule has 0 saturated heterocycles. The van der Waals surface area contributed by atoms with Crippen molar-refractivity contribution in [1.29, 1.82) is 0 Å². The average molecular weight is 449 g/mol. The molecule has 27 heavy (non-hydrogen) atoms. The molecule has 0 amide bonds. The first-order valence-electron chi connectivity index (χ1n) is 7.63. The molecule has 2 aromatic carbocycles. The Hall–Kier alpha value is -0.580. The van der Waals surface area contributed by atoms with Crippen molar-refractivity contribution in [2.24, 2.45) is 0 Å². The van der Waals surface area contributed by atoms with Crippen molar-refractivity contribution in [3.63, 3.8) is 0 Å². The van der Waals surface area contributed by atoms with Crippen molar-refractivity contribution in [3.05, 3.63) is 63.0 Å². The van der Waals surface area contributed by atoms with Crippen LogP contribution in [0.25, 0.3) is 10.4 Å². The molecule has 0 bridgehead atoms. The third-order valence-corrected chi connectivity index (χ3v) is 8.09. The van der Waals surface area contributed by atoms with Crippen molar-refractivity contribution in [1.82, 2.24) is 0 Å². The summed E-state index contributed by atoms with van der Waals surface area (Å²) >= 11 is 5.48. The minimum atomic E-state index is -4.34.